The van der Waals surface area contributed by atoms with E-state index < -0.39 is 11.7 Å². The summed E-state index contributed by atoms with van der Waals surface area (Å²) >= 11 is 0. The number of rotatable bonds is 5. The normalized spacial score (nSPS) is 15.4. The van der Waals surface area contributed by atoms with Crippen LogP contribution in [0.25, 0.3) is 11.6 Å². The summed E-state index contributed by atoms with van der Waals surface area (Å²) in [5, 5.41) is 16.0. The van der Waals surface area contributed by atoms with E-state index >= 15 is 0 Å². The van der Waals surface area contributed by atoms with Crippen molar-refractivity contribution in [1.82, 2.24) is 20.4 Å². The second-order valence-corrected chi connectivity index (χ2v) is 6.78. The highest BCUT2D eigenvalue weighted by atomic mass is 19.4. The van der Waals surface area contributed by atoms with Gasteiger partial charge in [0, 0.05) is 25.9 Å². The molecular formula is C19H19F3N6O2. The first-order chi connectivity index (χ1) is 14.4. The molecule has 1 aliphatic rings. The average molecular weight is 420 g/mol. The van der Waals surface area contributed by atoms with Gasteiger partial charge in [0.25, 0.3) is 5.89 Å². The molecule has 11 heteroatoms. The van der Waals surface area contributed by atoms with Crippen molar-refractivity contribution in [3.8, 4) is 17.3 Å². The summed E-state index contributed by atoms with van der Waals surface area (Å²) in [6.45, 7) is 1.32. The summed E-state index contributed by atoms with van der Waals surface area (Å²) in [6.07, 6.45) is -3.61. The molecule has 0 radical (unpaired) electrons. The van der Waals surface area contributed by atoms with Crippen molar-refractivity contribution in [2.24, 2.45) is 5.73 Å². The van der Waals surface area contributed by atoms with Gasteiger partial charge in [0.05, 0.1) is 12.1 Å². The summed E-state index contributed by atoms with van der Waals surface area (Å²) in [4.78, 5) is 2.01. The third-order valence-corrected chi connectivity index (χ3v) is 4.76. The Balaban J connectivity index is 1.37. The molecule has 1 aliphatic heterocycles. The molecule has 158 valence electrons. The number of anilines is 1. The van der Waals surface area contributed by atoms with Gasteiger partial charge in [-0.25, -0.2) is 0 Å². The summed E-state index contributed by atoms with van der Waals surface area (Å²) in [6, 6.07) is 8.78. The molecule has 4 rings (SSSR count). The van der Waals surface area contributed by atoms with Gasteiger partial charge in [0.1, 0.15) is 17.5 Å². The van der Waals surface area contributed by atoms with Gasteiger partial charge >= 0.3 is 6.18 Å². The molecule has 0 spiro atoms. The molecule has 8 nitrogen and oxygen atoms in total. The smallest absolute Gasteiger partial charge is 0.419 e. The lowest BCUT2D eigenvalue weighted by atomic mass is 10.1. The molecule has 0 aliphatic carbocycles. The highest BCUT2D eigenvalue weighted by Crippen LogP contribution is 2.37. The van der Waals surface area contributed by atoms with Crippen LogP contribution in [0.1, 0.15) is 24.3 Å². The zero-order valence-electron chi connectivity index (χ0n) is 15.8. The summed E-state index contributed by atoms with van der Waals surface area (Å²) in [5.41, 5.74) is 5.13. The molecule has 2 aromatic heterocycles. The summed E-state index contributed by atoms with van der Waals surface area (Å²) in [7, 11) is 0. The minimum atomic E-state index is -4.45. The SMILES string of the molecule is NCc1nnc(-c2ccc(N3CCC(Oc4ccccc4C(F)(F)F)CC3)nn2)o1. The number of hydrogen-bond donors (Lipinski definition) is 1. The number of piperidine rings is 1. The number of para-hydroxylation sites is 1. The van der Waals surface area contributed by atoms with E-state index in [0.29, 0.717) is 43.3 Å². The molecule has 0 saturated carbocycles. The Kier molecular flexibility index (Phi) is 5.53. The first kappa shape index (κ1) is 20.1. The molecule has 0 amide bonds. The minimum absolute atomic E-state index is 0.135. The molecule has 1 aromatic carbocycles. The van der Waals surface area contributed by atoms with Gasteiger partial charge < -0.3 is 19.8 Å². The molecule has 0 bridgehead atoms. The van der Waals surface area contributed by atoms with E-state index in [9.17, 15) is 13.2 Å². The molecule has 3 aromatic rings. The van der Waals surface area contributed by atoms with E-state index in [-0.39, 0.29) is 24.3 Å². The van der Waals surface area contributed by atoms with Crippen LogP contribution >= 0.6 is 0 Å². The van der Waals surface area contributed by atoms with E-state index in [1.807, 2.05) is 4.90 Å². The monoisotopic (exact) mass is 420 g/mol. The van der Waals surface area contributed by atoms with Crippen LogP contribution in [-0.2, 0) is 12.7 Å². The summed E-state index contributed by atoms with van der Waals surface area (Å²) < 4.78 is 50.4. The number of ether oxygens (including phenoxy) is 1. The largest absolute Gasteiger partial charge is 0.490 e. The van der Waals surface area contributed by atoms with E-state index in [0.717, 1.165) is 6.07 Å². The molecule has 2 N–H and O–H groups in total. The van der Waals surface area contributed by atoms with Gasteiger partial charge in [-0.2, -0.15) is 13.2 Å². The zero-order valence-corrected chi connectivity index (χ0v) is 15.8. The summed E-state index contributed by atoms with van der Waals surface area (Å²) in [5.74, 6) is 1.07. The topological polar surface area (TPSA) is 103 Å². The molecule has 3 heterocycles. The predicted octanol–water partition coefficient (Wildman–Crippen LogP) is 3.05. The van der Waals surface area contributed by atoms with Crippen molar-refractivity contribution >= 4 is 5.82 Å². The second kappa shape index (κ2) is 8.27. The highest BCUT2D eigenvalue weighted by molar-refractivity contribution is 5.49. The standard InChI is InChI=1S/C19H19F3N6O2/c20-19(21,22)13-3-1-2-4-15(13)29-12-7-9-28(10-8-12)16-6-5-14(24-25-16)18-27-26-17(11-23)30-18/h1-6,12H,7-11,23H2. The van der Waals surface area contributed by atoms with Crippen molar-refractivity contribution in [3.63, 3.8) is 0 Å². The van der Waals surface area contributed by atoms with E-state index in [1.165, 1.54) is 18.2 Å². The highest BCUT2D eigenvalue weighted by Gasteiger charge is 2.35. The first-order valence-corrected chi connectivity index (χ1v) is 9.38. The number of nitrogens with zero attached hydrogens (tertiary/aromatic N) is 5. The molecular weight excluding hydrogens is 401 g/mol. The van der Waals surface area contributed by atoms with Crippen molar-refractivity contribution in [3.05, 3.63) is 47.9 Å². The Hall–Kier alpha value is -3.21. The number of alkyl halides is 3. The fourth-order valence-corrected chi connectivity index (χ4v) is 3.23. The van der Waals surface area contributed by atoms with Crippen molar-refractivity contribution in [1.29, 1.82) is 0 Å². The lowest BCUT2D eigenvalue weighted by Gasteiger charge is -2.33. The van der Waals surface area contributed by atoms with Crippen LogP contribution in [-0.4, -0.2) is 39.6 Å². The van der Waals surface area contributed by atoms with Crippen molar-refractivity contribution < 1.29 is 22.3 Å². The lowest BCUT2D eigenvalue weighted by Crippen LogP contribution is -2.39. The third-order valence-electron chi connectivity index (χ3n) is 4.76. The number of nitrogens with two attached hydrogens (primary N) is 1. The Morgan fingerprint density at radius 1 is 1.03 bits per heavy atom. The predicted molar refractivity (Wildman–Crippen MR) is 101 cm³/mol. The second-order valence-electron chi connectivity index (χ2n) is 6.78. The van der Waals surface area contributed by atoms with Gasteiger partial charge in [0.15, 0.2) is 5.82 Å². The van der Waals surface area contributed by atoms with Crippen LogP contribution in [0.15, 0.2) is 40.8 Å². The maximum Gasteiger partial charge on any atom is 0.419 e. The number of hydrogen-bond acceptors (Lipinski definition) is 8. The number of benzene rings is 1. The molecule has 0 unspecified atom stereocenters. The fourth-order valence-electron chi connectivity index (χ4n) is 3.23. The molecule has 1 saturated heterocycles. The Bertz CT molecular complexity index is 984. The fraction of sp³-hybridized carbons (Fsp3) is 0.368. The zero-order chi connectivity index (χ0) is 21.1. The van der Waals surface area contributed by atoms with Gasteiger partial charge in [-0.3, -0.25) is 0 Å². The Morgan fingerprint density at radius 3 is 2.43 bits per heavy atom. The first-order valence-electron chi connectivity index (χ1n) is 9.38. The minimum Gasteiger partial charge on any atom is -0.490 e. The van der Waals surface area contributed by atoms with Crippen molar-refractivity contribution in [2.45, 2.75) is 31.7 Å². The molecule has 30 heavy (non-hydrogen) atoms. The van der Waals surface area contributed by atoms with Gasteiger partial charge in [-0.05, 0) is 24.3 Å². The van der Waals surface area contributed by atoms with Crippen molar-refractivity contribution in [2.75, 3.05) is 18.0 Å². The van der Waals surface area contributed by atoms with Crippen LogP contribution in [0.2, 0.25) is 0 Å². The number of aromatic nitrogens is 4. The van der Waals surface area contributed by atoms with Crippen LogP contribution in [0, 0.1) is 0 Å². The van der Waals surface area contributed by atoms with E-state index in [1.54, 1.807) is 12.1 Å². The van der Waals surface area contributed by atoms with Gasteiger partial charge in [0.2, 0.25) is 5.89 Å². The molecule has 0 atom stereocenters. The lowest BCUT2D eigenvalue weighted by molar-refractivity contribution is -0.139. The van der Waals surface area contributed by atoms with Crippen LogP contribution in [0.5, 0.6) is 5.75 Å². The maximum absolute atomic E-state index is 13.1. The number of halogens is 3. The van der Waals surface area contributed by atoms with Crippen LogP contribution < -0.4 is 15.4 Å². The Labute approximate surface area is 169 Å². The van der Waals surface area contributed by atoms with E-state index in [4.69, 9.17) is 14.9 Å². The van der Waals surface area contributed by atoms with Gasteiger partial charge in [-0.15, -0.1) is 20.4 Å². The Morgan fingerprint density at radius 2 is 1.80 bits per heavy atom. The van der Waals surface area contributed by atoms with E-state index in [2.05, 4.69) is 20.4 Å². The maximum atomic E-state index is 13.1. The van der Waals surface area contributed by atoms with Gasteiger partial charge in [-0.1, -0.05) is 12.1 Å². The van der Waals surface area contributed by atoms with Crippen LogP contribution in [0.4, 0.5) is 19.0 Å². The quantitative estimate of drug-likeness (QED) is 0.672. The van der Waals surface area contributed by atoms with Crippen LogP contribution in [0.3, 0.4) is 0 Å². The third kappa shape index (κ3) is 4.35. The average Bonchev–Trinajstić information content (AvgIpc) is 3.23. The molecule has 1 fully saturated rings.